The van der Waals surface area contributed by atoms with E-state index < -0.39 is 5.79 Å². The first-order chi connectivity index (χ1) is 11.4. The average molecular weight is 332 g/mol. The maximum atomic E-state index is 12.5. The Kier molecular flexibility index (Phi) is 3.96. The molecule has 0 amide bonds. The van der Waals surface area contributed by atoms with E-state index >= 15 is 0 Å². The second kappa shape index (κ2) is 5.67. The largest absolute Gasteiger partial charge is 0.353 e. The van der Waals surface area contributed by atoms with Gasteiger partial charge in [0.05, 0.1) is 0 Å². The van der Waals surface area contributed by atoms with Crippen LogP contribution in [0.15, 0.2) is 11.1 Å². The zero-order chi connectivity index (χ0) is 17.1. The summed E-state index contributed by atoms with van der Waals surface area (Å²) in [5.74, 6) is 2.85. The molecular weight excluding hydrogens is 300 g/mol. The van der Waals surface area contributed by atoms with Crippen molar-refractivity contribution in [2.75, 3.05) is 14.2 Å². The lowest BCUT2D eigenvalue weighted by atomic mass is 9.51. The minimum Gasteiger partial charge on any atom is -0.353 e. The topological polar surface area (TPSA) is 35.5 Å². The van der Waals surface area contributed by atoms with Crippen molar-refractivity contribution < 1.29 is 14.3 Å². The molecule has 3 nitrogen and oxygen atoms in total. The summed E-state index contributed by atoms with van der Waals surface area (Å²) in [6.45, 7) is 4.69. The average Bonchev–Trinajstić information content (AvgIpc) is 2.89. The van der Waals surface area contributed by atoms with Crippen LogP contribution in [0.5, 0.6) is 0 Å². The van der Waals surface area contributed by atoms with Crippen LogP contribution in [0.3, 0.4) is 0 Å². The lowest BCUT2D eigenvalue weighted by Crippen LogP contribution is -2.48. The third-order valence-electron chi connectivity index (χ3n) is 8.17. The zero-order valence-electron chi connectivity index (χ0n) is 15.7. The Balaban J connectivity index is 1.66. The third kappa shape index (κ3) is 2.20. The molecule has 134 valence electrons. The monoisotopic (exact) mass is 332 g/mol. The van der Waals surface area contributed by atoms with E-state index in [2.05, 4.69) is 13.8 Å². The van der Waals surface area contributed by atoms with Crippen LogP contribution in [0.4, 0.5) is 0 Å². The number of carbonyl (C=O) groups is 1. The van der Waals surface area contributed by atoms with Gasteiger partial charge in [-0.05, 0) is 55.8 Å². The Hall–Kier alpha value is -0.670. The summed E-state index contributed by atoms with van der Waals surface area (Å²) >= 11 is 0. The van der Waals surface area contributed by atoms with Gasteiger partial charge >= 0.3 is 0 Å². The van der Waals surface area contributed by atoms with Crippen LogP contribution in [-0.4, -0.2) is 25.8 Å². The van der Waals surface area contributed by atoms with E-state index in [1.54, 1.807) is 25.4 Å². The summed E-state index contributed by atoms with van der Waals surface area (Å²) in [6.07, 6.45) is 8.44. The Bertz CT molecular complexity index is 574. The van der Waals surface area contributed by atoms with Crippen LogP contribution < -0.4 is 0 Å². The highest BCUT2D eigenvalue weighted by Crippen LogP contribution is 2.61. The molecule has 4 rings (SSSR count). The second-order valence-corrected chi connectivity index (χ2v) is 9.01. The summed E-state index contributed by atoms with van der Waals surface area (Å²) in [5.41, 5.74) is 3.29. The first-order valence-electron chi connectivity index (χ1n) is 9.78. The van der Waals surface area contributed by atoms with Crippen LogP contribution in [0.25, 0.3) is 0 Å². The summed E-state index contributed by atoms with van der Waals surface area (Å²) in [6, 6.07) is 0. The summed E-state index contributed by atoms with van der Waals surface area (Å²) in [7, 11) is 3.56. The van der Waals surface area contributed by atoms with Crippen molar-refractivity contribution in [2.24, 2.45) is 29.1 Å². The molecule has 4 aliphatic carbocycles. The minimum absolute atomic E-state index is 0.0228. The quantitative estimate of drug-likeness (QED) is 0.551. The number of rotatable bonds is 2. The number of allylic oxidation sites excluding steroid dienone is 1. The van der Waals surface area contributed by atoms with Crippen molar-refractivity contribution in [2.45, 2.75) is 71.0 Å². The van der Waals surface area contributed by atoms with Crippen molar-refractivity contribution in [3.63, 3.8) is 0 Å². The lowest BCUT2D eigenvalue weighted by molar-refractivity contribution is -0.213. The molecule has 0 N–H and O–H groups in total. The fraction of sp³-hybridized carbons (Fsp3) is 0.857. The van der Waals surface area contributed by atoms with E-state index in [1.165, 1.54) is 12.8 Å². The Labute approximate surface area is 146 Å². The Morgan fingerprint density at radius 3 is 2.54 bits per heavy atom. The van der Waals surface area contributed by atoms with E-state index in [0.29, 0.717) is 29.5 Å². The van der Waals surface area contributed by atoms with E-state index in [4.69, 9.17) is 9.47 Å². The maximum absolute atomic E-state index is 12.5. The summed E-state index contributed by atoms with van der Waals surface area (Å²) in [4.78, 5) is 12.5. The van der Waals surface area contributed by atoms with Crippen LogP contribution in [0, 0.1) is 29.1 Å². The first kappa shape index (κ1) is 16.8. The number of hydrogen-bond donors (Lipinski definition) is 0. The van der Waals surface area contributed by atoms with Crippen LogP contribution in [0.2, 0.25) is 0 Å². The number of Topliss-reactive ketones (excluding diaryl/α,β-unsaturated/α-hetero) is 1. The molecule has 24 heavy (non-hydrogen) atoms. The van der Waals surface area contributed by atoms with Gasteiger partial charge in [0.1, 0.15) is 5.78 Å². The molecule has 3 heteroatoms. The molecule has 4 aliphatic rings. The highest BCUT2D eigenvalue weighted by Gasteiger charge is 2.57. The number of ketones is 1. The molecule has 5 unspecified atom stereocenters. The van der Waals surface area contributed by atoms with Crippen LogP contribution in [-0.2, 0) is 14.3 Å². The van der Waals surface area contributed by atoms with E-state index in [1.807, 2.05) is 0 Å². The maximum Gasteiger partial charge on any atom is 0.171 e. The smallest absolute Gasteiger partial charge is 0.171 e. The first-order valence-corrected chi connectivity index (χ1v) is 9.78. The van der Waals surface area contributed by atoms with Gasteiger partial charge in [-0.2, -0.15) is 0 Å². The molecule has 5 atom stereocenters. The molecule has 0 spiro atoms. The number of ether oxygens (including phenoxy) is 2. The fourth-order valence-corrected chi connectivity index (χ4v) is 6.80. The van der Waals surface area contributed by atoms with Crippen molar-refractivity contribution in [1.82, 2.24) is 0 Å². The minimum atomic E-state index is -0.405. The Morgan fingerprint density at radius 2 is 1.83 bits per heavy atom. The van der Waals surface area contributed by atoms with Crippen LogP contribution in [0.1, 0.15) is 65.2 Å². The number of hydrogen-bond acceptors (Lipinski definition) is 3. The number of fused-ring (bicyclic) bond motifs is 4. The van der Waals surface area contributed by atoms with Gasteiger partial charge in [-0.3, -0.25) is 4.79 Å². The molecule has 0 heterocycles. The molecule has 0 aromatic heterocycles. The number of methoxy groups -OCH3 is 2. The predicted octanol–water partition coefficient (Wildman–Crippen LogP) is 4.51. The van der Waals surface area contributed by atoms with E-state index in [0.717, 1.165) is 38.5 Å². The standard InChI is InChI=1S/C21H32O3/c1-13-11-14-12-21(23-3,24-4)10-8-15(14)16-7-9-20(2)17(19(13)16)5-6-18(20)22/h13,16-17,19H,5-12H2,1-4H3. The molecule has 0 saturated heterocycles. The highest BCUT2D eigenvalue weighted by atomic mass is 16.7. The third-order valence-corrected chi connectivity index (χ3v) is 8.17. The molecule has 0 aromatic rings. The van der Waals surface area contributed by atoms with Crippen molar-refractivity contribution in [1.29, 1.82) is 0 Å². The Morgan fingerprint density at radius 1 is 1.08 bits per heavy atom. The van der Waals surface area contributed by atoms with Gasteiger partial charge in [-0.1, -0.05) is 25.0 Å². The van der Waals surface area contributed by atoms with Gasteiger partial charge in [0.25, 0.3) is 0 Å². The predicted molar refractivity (Wildman–Crippen MR) is 93.5 cm³/mol. The van der Waals surface area contributed by atoms with Crippen molar-refractivity contribution in [3.8, 4) is 0 Å². The molecule has 2 fully saturated rings. The van der Waals surface area contributed by atoms with E-state index in [-0.39, 0.29) is 5.41 Å². The van der Waals surface area contributed by atoms with Crippen molar-refractivity contribution in [3.05, 3.63) is 11.1 Å². The SMILES string of the molecule is COC1(OC)CCC2=C(CC(C)C3C2CCC2(C)C(=O)CCC32)C1. The fourth-order valence-electron chi connectivity index (χ4n) is 6.80. The molecule has 2 saturated carbocycles. The summed E-state index contributed by atoms with van der Waals surface area (Å²) < 4.78 is 11.5. The van der Waals surface area contributed by atoms with Gasteiger partial charge in [-0.15, -0.1) is 0 Å². The van der Waals surface area contributed by atoms with Crippen molar-refractivity contribution >= 4 is 5.78 Å². The summed E-state index contributed by atoms with van der Waals surface area (Å²) in [5, 5.41) is 0. The second-order valence-electron chi connectivity index (χ2n) is 9.01. The lowest BCUT2D eigenvalue weighted by Gasteiger charge is -2.53. The van der Waals surface area contributed by atoms with Gasteiger partial charge < -0.3 is 9.47 Å². The van der Waals surface area contributed by atoms with Gasteiger partial charge in [0.15, 0.2) is 5.79 Å². The van der Waals surface area contributed by atoms with Gasteiger partial charge in [-0.25, -0.2) is 0 Å². The highest BCUT2D eigenvalue weighted by molar-refractivity contribution is 5.87. The molecule has 0 radical (unpaired) electrons. The van der Waals surface area contributed by atoms with Gasteiger partial charge in [0.2, 0.25) is 0 Å². The zero-order valence-corrected chi connectivity index (χ0v) is 15.7. The van der Waals surface area contributed by atoms with E-state index in [9.17, 15) is 4.79 Å². The van der Waals surface area contributed by atoms with Crippen LogP contribution >= 0.6 is 0 Å². The molecule has 0 bridgehead atoms. The molecule has 0 aliphatic heterocycles. The molecule has 0 aromatic carbocycles. The molecular formula is C21H32O3. The number of carbonyl (C=O) groups excluding carboxylic acids is 1. The van der Waals surface area contributed by atoms with Gasteiger partial charge in [0, 0.05) is 38.9 Å². The normalized spacial score (nSPS) is 44.1.